The minimum atomic E-state index is 0.517. The average molecular weight is 806 g/mol. The zero-order valence-corrected chi connectivity index (χ0v) is 33.9. The third-order valence-electron chi connectivity index (χ3n) is 12.4. The average Bonchev–Trinajstić information content (AvgIpc) is 4.02. The van der Waals surface area contributed by atoms with E-state index in [-0.39, 0.29) is 0 Å². The first-order chi connectivity index (χ1) is 31.3. The summed E-state index contributed by atoms with van der Waals surface area (Å²) in [6.45, 7) is 0. The molecule has 0 unspecified atom stereocenters. The van der Waals surface area contributed by atoms with Crippen LogP contribution in [0.1, 0.15) is 0 Å². The number of para-hydroxylation sites is 4. The van der Waals surface area contributed by atoms with E-state index in [0.29, 0.717) is 17.6 Å². The number of fused-ring (bicyclic) bond motifs is 10. The number of nitrogens with zero attached hydrogens (tertiary/aromatic N) is 5. The minimum Gasteiger partial charge on any atom is -0.455 e. The van der Waals surface area contributed by atoms with Crippen LogP contribution in [-0.2, 0) is 0 Å². The number of rotatable bonds is 6. The quantitative estimate of drug-likeness (QED) is 0.168. The van der Waals surface area contributed by atoms with Gasteiger partial charge in [0, 0.05) is 43.4 Å². The normalized spacial score (nSPS) is 11.8. The molecule has 0 aliphatic heterocycles. The molecule has 4 heterocycles. The van der Waals surface area contributed by atoms with Crippen LogP contribution in [-0.4, -0.2) is 24.1 Å². The first kappa shape index (κ1) is 35.2. The molecular weight excluding hydrogens is 771 g/mol. The standard InChI is InChI=1S/C57H35N5O/c1-4-18-36(19-5-1)39-27-17-32-49(51(39)37-20-6-2-7-21-37)61-47-30-13-10-24-40(47)43-34-35-44-41-25-11-14-31-48(41)62(53(44)52(43)61)57-59-55(38-22-8-3-9-23-38)58-56(60-57)46-29-16-28-45-42-26-12-15-33-50(42)63-54(45)46/h1-35H. The molecule has 0 bridgehead atoms. The molecule has 0 saturated heterocycles. The number of aromatic nitrogens is 5. The molecule has 13 rings (SSSR count). The van der Waals surface area contributed by atoms with Crippen LogP contribution in [0.15, 0.2) is 217 Å². The maximum atomic E-state index is 6.59. The summed E-state index contributed by atoms with van der Waals surface area (Å²) in [7, 11) is 0. The molecule has 0 N–H and O–H groups in total. The largest absolute Gasteiger partial charge is 0.455 e. The molecule has 4 aromatic heterocycles. The highest BCUT2D eigenvalue weighted by molar-refractivity contribution is 6.24. The van der Waals surface area contributed by atoms with Gasteiger partial charge in [0.25, 0.3) is 0 Å². The highest BCUT2D eigenvalue weighted by Crippen LogP contribution is 2.45. The summed E-state index contributed by atoms with van der Waals surface area (Å²) >= 11 is 0. The minimum absolute atomic E-state index is 0.517. The van der Waals surface area contributed by atoms with Gasteiger partial charge in [-0.3, -0.25) is 4.57 Å². The third-order valence-corrected chi connectivity index (χ3v) is 12.4. The highest BCUT2D eigenvalue weighted by Gasteiger charge is 2.26. The summed E-state index contributed by atoms with van der Waals surface area (Å²) < 4.78 is 11.3. The summed E-state index contributed by atoms with van der Waals surface area (Å²) in [5, 5.41) is 6.57. The Morgan fingerprint density at radius 3 is 1.57 bits per heavy atom. The maximum absolute atomic E-state index is 6.59. The van der Waals surface area contributed by atoms with Crippen LogP contribution in [0.25, 0.3) is 122 Å². The summed E-state index contributed by atoms with van der Waals surface area (Å²) in [4.78, 5) is 16.0. The number of hydrogen-bond acceptors (Lipinski definition) is 4. The van der Waals surface area contributed by atoms with Gasteiger partial charge in [-0.05, 0) is 47.0 Å². The molecule has 6 heteroatoms. The van der Waals surface area contributed by atoms with E-state index in [1.54, 1.807) is 0 Å². The van der Waals surface area contributed by atoms with Crippen LogP contribution in [0, 0.1) is 0 Å². The van der Waals surface area contributed by atoms with Crippen molar-refractivity contribution in [3.8, 4) is 56.7 Å². The van der Waals surface area contributed by atoms with Crippen molar-refractivity contribution in [3.05, 3.63) is 212 Å². The van der Waals surface area contributed by atoms with Gasteiger partial charge in [-0.15, -0.1) is 0 Å². The van der Waals surface area contributed by atoms with Gasteiger partial charge in [-0.25, -0.2) is 4.98 Å². The fraction of sp³-hybridized carbons (Fsp3) is 0. The Bertz CT molecular complexity index is 3900. The molecule has 6 nitrogen and oxygen atoms in total. The molecule has 0 amide bonds. The molecule has 294 valence electrons. The van der Waals surface area contributed by atoms with Gasteiger partial charge in [0.15, 0.2) is 11.6 Å². The van der Waals surface area contributed by atoms with Crippen molar-refractivity contribution in [3.63, 3.8) is 0 Å². The van der Waals surface area contributed by atoms with Gasteiger partial charge >= 0.3 is 0 Å². The summed E-state index contributed by atoms with van der Waals surface area (Å²) in [6.07, 6.45) is 0. The van der Waals surface area contributed by atoms with E-state index in [2.05, 4.69) is 179 Å². The Balaban J connectivity index is 1.18. The lowest BCUT2D eigenvalue weighted by molar-refractivity contribution is 0.669. The summed E-state index contributed by atoms with van der Waals surface area (Å²) in [5.74, 6) is 1.62. The fourth-order valence-electron chi connectivity index (χ4n) is 9.68. The van der Waals surface area contributed by atoms with Crippen molar-refractivity contribution in [1.82, 2.24) is 24.1 Å². The lowest BCUT2D eigenvalue weighted by atomic mass is 9.93. The van der Waals surface area contributed by atoms with Crippen molar-refractivity contribution in [2.75, 3.05) is 0 Å². The van der Waals surface area contributed by atoms with Gasteiger partial charge in [-0.2, -0.15) is 9.97 Å². The SMILES string of the molecule is c1ccc(-c2nc(-c3cccc4c3oc3ccccc34)nc(-n3c4ccccc4c4ccc5c6ccccc6n(-c6cccc(-c7ccccc7)c6-c6ccccc6)c5c43)n2)cc1. The Hall–Kier alpha value is -8.61. The van der Waals surface area contributed by atoms with E-state index in [1.165, 1.54) is 0 Å². The molecule has 13 aromatic rings. The van der Waals surface area contributed by atoms with Crippen molar-refractivity contribution >= 4 is 65.6 Å². The van der Waals surface area contributed by atoms with Gasteiger partial charge in [0.05, 0.1) is 33.3 Å². The van der Waals surface area contributed by atoms with Crippen LogP contribution < -0.4 is 0 Å². The van der Waals surface area contributed by atoms with Crippen molar-refractivity contribution in [2.45, 2.75) is 0 Å². The second-order valence-electron chi connectivity index (χ2n) is 15.9. The number of furan rings is 1. The van der Waals surface area contributed by atoms with Crippen LogP contribution in [0.2, 0.25) is 0 Å². The Morgan fingerprint density at radius 1 is 0.333 bits per heavy atom. The molecule has 9 aromatic carbocycles. The first-order valence-corrected chi connectivity index (χ1v) is 21.2. The lowest BCUT2D eigenvalue weighted by Gasteiger charge is -2.19. The highest BCUT2D eigenvalue weighted by atomic mass is 16.3. The lowest BCUT2D eigenvalue weighted by Crippen LogP contribution is -2.07. The summed E-state index contributed by atoms with van der Waals surface area (Å²) in [5.41, 5.74) is 13.1. The molecule has 0 spiro atoms. The smallest absolute Gasteiger partial charge is 0.238 e. The third kappa shape index (κ3) is 5.41. The fourth-order valence-corrected chi connectivity index (χ4v) is 9.68. The Morgan fingerprint density at radius 2 is 0.857 bits per heavy atom. The molecule has 0 aliphatic carbocycles. The molecule has 0 radical (unpaired) electrons. The van der Waals surface area contributed by atoms with E-state index in [1.807, 2.05) is 42.5 Å². The molecule has 0 atom stereocenters. The van der Waals surface area contributed by atoms with E-state index >= 15 is 0 Å². The second-order valence-corrected chi connectivity index (χ2v) is 15.9. The van der Waals surface area contributed by atoms with Gasteiger partial charge in [-0.1, -0.05) is 182 Å². The molecular formula is C57H35N5O. The zero-order valence-electron chi connectivity index (χ0n) is 33.9. The number of hydrogen-bond donors (Lipinski definition) is 0. The Kier molecular flexibility index (Phi) is 7.80. The van der Waals surface area contributed by atoms with Gasteiger partial charge in [0.1, 0.15) is 11.2 Å². The van der Waals surface area contributed by atoms with E-state index in [9.17, 15) is 0 Å². The van der Waals surface area contributed by atoms with E-state index < -0.39 is 0 Å². The predicted octanol–water partition coefficient (Wildman–Crippen LogP) is 14.6. The topological polar surface area (TPSA) is 61.7 Å². The Labute approximate surface area is 361 Å². The number of benzene rings is 9. The monoisotopic (exact) mass is 805 g/mol. The van der Waals surface area contributed by atoms with Gasteiger partial charge in [0.2, 0.25) is 5.95 Å². The van der Waals surface area contributed by atoms with Crippen LogP contribution in [0.3, 0.4) is 0 Å². The molecule has 0 aliphatic rings. The van der Waals surface area contributed by atoms with Crippen LogP contribution in [0.5, 0.6) is 0 Å². The molecule has 63 heavy (non-hydrogen) atoms. The van der Waals surface area contributed by atoms with Crippen LogP contribution >= 0.6 is 0 Å². The van der Waals surface area contributed by atoms with E-state index in [0.717, 1.165) is 105 Å². The maximum Gasteiger partial charge on any atom is 0.238 e. The van der Waals surface area contributed by atoms with Crippen molar-refractivity contribution < 1.29 is 4.42 Å². The van der Waals surface area contributed by atoms with Crippen molar-refractivity contribution in [1.29, 1.82) is 0 Å². The van der Waals surface area contributed by atoms with Gasteiger partial charge < -0.3 is 8.98 Å². The molecule has 0 saturated carbocycles. The first-order valence-electron chi connectivity index (χ1n) is 21.2. The summed E-state index contributed by atoms with van der Waals surface area (Å²) in [6, 6.07) is 74.5. The van der Waals surface area contributed by atoms with Crippen molar-refractivity contribution in [2.24, 2.45) is 0 Å². The second kappa shape index (κ2) is 14.0. The predicted molar refractivity (Wildman–Crippen MR) is 258 cm³/mol. The van der Waals surface area contributed by atoms with E-state index in [4.69, 9.17) is 19.4 Å². The molecule has 0 fully saturated rings. The zero-order chi connectivity index (χ0) is 41.4. The van der Waals surface area contributed by atoms with Crippen LogP contribution in [0.4, 0.5) is 0 Å².